The quantitative estimate of drug-likeness (QED) is 0.668. The highest BCUT2D eigenvalue weighted by atomic mass is 16.6. The highest BCUT2D eigenvalue weighted by Crippen LogP contribution is 2.18. The molecule has 0 atom stereocenters. The molecular weight excluding hydrogens is 314 g/mol. The first kappa shape index (κ1) is 15.8. The number of hydrogen-bond acceptors (Lipinski definition) is 7. The number of hydrogen-bond donors (Lipinski definition) is 1. The minimum absolute atomic E-state index is 0.0931. The van der Waals surface area contributed by atoms with Crippen LogP contribution in [0, 0.1) is 10.1 Å². The molecule has 0 radical (unpaired) electrons. The lowest BCUT2D eigenvalue weighted by atomic mass is 10.2. The van der Waals surface area contributed by atoms with Crippen molar-refractivity contribution >= 4 is 23.1 Å². The summed E-state index contributed by atoms with van der Waals surface area (Å²) >= 11 is 0. The molecule has 24 heavy (non-hydrogen) atoms. The van der Waals surface area contributed by atoms with Gasteiger partial charge in [0, 0.05) is 37.0 Å². The lowest BCUT2D eigenvalue weighted by Gasteiger charge is -2.27. The third-order valence-electron chi connectivity index (χ3n) is 3.54. The molecule has 124 valence electrons. The van der Waals surface area contributed by atoms with E-state index < -0.39 is 10.8 Å². The molecule has 1 aromatic carbocycles. The van der Waals surface area contributed by atoms with Gasteiger partial charge in [-0.15, -0.1) is 0 Å². The molecule has 1 N–H and O–H groups in total. The minimum atomic E-state index is -0.517. The van der Waals surface area contributed by atoms with Crippen LogP contribution in [0.25, 0.3) is 0 Å². The average molecular weight is 329 g/mol. The van der Waals surface area contributed by atoms with Gasteiger partial charge in [-0.1, -0.05) is 6.07 Å². The normalized spacial score (nSPS) is 14.2. The van der Waals surface area contributed by atoms with Gasteiger partial charge >= 0.3 is 0 Å². The summed E-state index contributed by atoms with van der Waals surface area (Å²) in [6.45, 7) is 2.62. The number of benzene rings is 1. The van der Waals surface area contributed by atoms with Crippen LogP contribution in [-0.2, 0) is 4.74 Å². The van der Waals surface area contributed by atoms with E-state index in [2.05, 4.69) is 15.3 Å². The summed E-state index contributed by atoms with van der Waals surface area (Å²) in [6, 6.07) is 7.33. The van der Waals surface area contributed by atoms with Crippen LogP contribution in [-0.4, -0.2) is 47.1 Å². The van der Waals surface area contributed by atoms with Gasteiger partial charge in [0.15, 0.2) is 0 Å². The lowest BCUT2D eigenvalue weighted by molar-refractivity contribution is -0.384. The molecule has 0 aliphatic carbocycles. The molecule has 1 aliphatic rings. The molecule has 1 saturated heterocycles. The van der Waals surface area contributed by atoms with Gasteiger partial charge in [-0.2, -0.15) is 0 Å². The third kappa shape index (κ3) is 3.63. The SMILES string of the molecule is O=C(Nc1cccc([N+](=O)[O-])c1)c1cc(N2CCOCC2)ncn1. The largest absolute Gasteiger partial charge is 0.378 e. The summed E-state index contributed by atoms with van der Waals surface area (Å²) in [5.74, 6) is 0.199. The lowest BCUT2D eigenvalue weighted by Crippen LogP contribution is -2.37. The molecular formula is C15H15N5O4. The Kier molecular flexibility index (Phi) is 4.62. The summed E-state index contributed by atoms with van der Waals surface area (Å²) < 4.78 is 5.29. The van der Waals surface area contributed by atoms with Crippen molar-refractivity contribution in [3.63, 3.8) is 0 Å². The average Bonchev–Trinajstić information content (AvgIpc) is 2.63. The summed E-state index contributed by atoms with van der Waals surface area (Å²) in [7, 11) is 0. The van der Waals surface area contributed by atoms with Gasteiger partial charge in [-0.3, -0.25) is 14.9 Å². The van der Waals surface area contributed by atoms with Crippen LogP contribution in [0.15, 0.2) is 36.7 Å². The fraction of sp³-hybridized carbons (Fsp3) is 0.267. The maximum absolute atomic E-state index is 12.3. The number of nitrogens with zero attached hydrogens (tertiary/aromatic N) is 4. The van der Waals surface area contributed by atoms with E-state index in [4.69, 9.17) is 4.74 Å². The fourth-order valence-corrected chi connectivity index (χ4v) is 2.33. The number of carbonyl (C=O) groups is 1. The predicted molar refractivity (Wildman–Crippen MR) is 86.1 cm³/mol. The van der Waals surface area contributed by atoms with Gasteiger partial charge in [0.2, 0.25) is 0 Å². The number of nitrogens with one attached hydrogen (secondary N) is 1. The Morgan fingerprint density at radius 1 is 1.25 bits per heavy atom. The second-order valence-electron chi connectivity index (χ2n) is 5.12. The first-order valence-corrected chi connectivity index (χ1v) is 7.34. The number of morpholine rings is 1. The van der Waals surface area contributed by atoms with Crippen LogP contribution in [0.3, 0.4) is 0 Å². The number of ether oxygens (including phenoxy) is 1. The minimum Gasteiger partial charge on any atom is -0.378 e. The molecule has 0 spiro atoms. The van der Waals surface area contributed by atoms with Gasteiger partial charge in [-0.05, 0) is 6.07 Å². The van der Waals surface area contributed by atoms with Crippen molar-refractivity contribution in [1.29, 1.82) is 0 Å². The zero-order chi connectivity index (χ0) is 16.9. The molecule has 2 heterocycles. The molecule has 0 unspecified atom stereocenters. The standard InChI is InChI=1S/C15H15N5O4/c21-15(18-11-2-1-3-12(8-11)20(22)23)13-9-14(17-10-16-13)19-4-6-24-7-5-19/h1-3,8-10H,4-7H2,(H,18,21). The Morgan fingerprint density at radius 2 is 2.04 bits per heavy atom. The predicted octanol–water partition coefficient (Wildman–Crippen LogP) is 1.47. The van der Waals surface area contributed by atoms with Gasteiger partial charge in [-0.25, -0.2) is 9.97 Å². The molecule has 1 aromatic heterocycles. The second kappa shape index (κ2) is 7.01. The summed E-state index contributed by atoms with van der Waals surface area (Å²) in [4.78, 5) is 32.7. The molecule has 0 saturated carbocycles. The van der Waals surface area contributed by atoms with Gasteiger partial charge < -0.3 is 15.0 Å². The van der Waals surface area contributed by atoms with Crippen molar-refractivity contribution < 1.29 is 14.5 Å². The van der Waals surface area contributed by atoms with Crippen LogP contribution in [0.1, 0.15) is 10.5 Å². The van der Waals surface area contributed by atoms with Crippen molar-refractivity contribution in [3.8, 4) is 0 Å². The zero-order valence-electron chi connectivity index (χ0n) is 12.7. The number of anilines is 2. The topological polar surface area (TPSA) is 110 Å². The molecule has 1 aliphatic heterocycles. The Balaban J connectivity index is 1.75. The van der Waals surface area contributed by atoms with Crippen LogP contribution >= 0.6 is 0 Å². The third-order valence-corrected chi connectivity index (χ3v) is 3.54. The molecule has 3 rings (SSSR count). The number of aromatic nitrogens is 2. The van der Waals surface area contributed by atoms with E-state index in [1.807, 2.05) is 4.90 Å². The van der Waals surface area contributed by atoms with E-state index in [-0.39, 0.29) is 11.4 Å². The number of carbonyl (C=O) groups excluding carboxylic acids is 1. The molecule has 1 amide bonds. The number of non-ortho nitro benzene ring substituents is 1. The second-order valence-corrected chi connectivity index (χ2v) is 5.12. The Hall–Kier alpha value is -3.07. The molecule has 9 nitrogen and oxygen atoms in total. The highest BCUT2D eigenvalue weighted by Gasteiger charge is 2.16. The van der Waals surface area contributed by atoms with Gasteiger partial charge in [0.1, 0.15) is 17.8 Å². The summed E-state index contributed by atoms with van der Waals surface area (Å²) in [5.41, 5.74) is 0.434. The van der Waals surface area contributed by atoms with E-state index in [0.29, 0.717) is 37.8 Å². The van der Waals surface area contributed by atoms with Gasteiger partial charge in [0.25, 0.3) is 11.6 Å². The highest BCUT2D eigenvalue weighted by molar-refractivity contribution is 6.03. The van der Waals surface area contributed by atoms with Crippen molar-refractivity contribution in [2.75, 3.05) is 36.5 Å². The fourth-order valence-electron chi connectivity index (χ4n) is 2.33. The van der Waals surface area contributed by atoms with Crippen LogP contribution in [0.5, 0.6) is 0 Å². The monoisotopic (exact) mass is 329 g/mol. The van der Waals surface area contributed by atoms with E-state index in [1.54, 1.807) is 12.1 Å². The van der Waals surface area contributed by atoms with Gasteiger partial charge in [0.05, 0.1) is 18.1 Å². The molecule has 0 bridgehead atoms. The van der Waals surface area contributed by atoms with Crippen molar-refractivity contribution in [3.05, 3.63) is 52.5 Å². The molecule has 1 fully saturated rings. The molecule has 2 aromatic rings. The number of nitro groups is 1. The van der Waals surface area contributed by atoms with Crippen LogP contribution < -0.4 is 10.2 Å². The van der Waals surface area contributed by atoms with Crippen molar-refractivity contribution in [2.45, 2.75) is 0 Å². The van der Waals surface area contributed by atoms with Crippen molar-refractivity contribution in [2.24, 2.45) is 0 Å². The van der Waals surface area contributed by atoms with E-state index in [9.17, 15) is 14.9 Å². The maximum Gasteiger partial charge on any atom is 0.274 e. The van der Waals surface area contributed by atoms with Crippen molar-refractivity contribution in [1.82, 2.24) is 9.97 Å². The smallest absolute Gasteiger partial charge is 0.274 e. The summed E-state index contributed by atoms with van der Waals surface area (Å²) in [6.07, 6.45) is 1.33. The van der Waals surface area contributed by atoms with Crippen LogP contribution in [0.2, 0.25) is 0 Å². The zero-order valence-corrected chi connectivity index (χ0v) is 12.7. The van der Waals surface area contributed by atoms with Crippen LogP contribution in [0.4, 0.5) is 17.2 Å². The maximum atomic E-state index is 12.3. The number of amides is 1. The molecule has 9 heteroatoms. The number of nitro benzene ring substituents is 1. The Labute approximate surface area is 137 Å². The first-order chi connectivity index (χ1) is 11.6. The number of rotatable bonds is 4. The summed E-state index contributed by atoms with van der Waals surface area (Å²) in [5, 5.41) is 13.4. The Bertz CT molecular complexity index is 761. The van der Waals surface area contributed by atoms with E-state index >= 15 is 0 Å². The Morgan fingerprint density at radius 3 is 2.79 bits per heavy atom. The van der Waals surface area contributed by atoms with E-state index in [1.165, 1.54) is 24.5 Å². The van der Waals surface area contributed by atoms with E-state index in [0.717, 1.165) is 0 Å². The first-order valence-electron chi connectivity index (χ1n) is 7.34.